The maximum absolute atomic E-state index is 13.3. The summed E-state index contributed by atoms with van der Waals surface area (Å²) in [4.78, 5) is 4.87. The van der Waals surface area contributed by atoms with Crippen molar-refractivity contribution in [3.05, 3.63) is 64.9 Å². The Balaban J connectivity index is 0.00000216. The molecule has 0 bridgehead atoms. The topological polar surface area (TPSA) is 34.2 Å². The molecule has 4 rings (SSSR count). The predicted octanol–water partition coefficient (Wildman–Crippen LogP) is 5.78. The molecule has 0 saturated carbocycles. The van der Waals surface area contributed by atoms with Crippen molar-refractivity contribution in [2.75, 3.05) is 53.0 Å². The van der Waals surface area contributed by atoms with Crippen LogP contribution in [0.4, 0.5) is 4.39 Å². The molecule has 0 aliphatic carbocycles. The Labute approximate surface area is 225 Å². The summed E-state index contributed by atoms with van der Waals surface area (Å²) in [5.41, 5.74) is 0.895. The van der Waals surface area contributed by atoms with Crippen molar-refractivity contribution >= 4 is 36.4 Å². The summed E-state index contributed by atoms with van der Waals surface area (Å²) in [6.07, 6.45) is 4.03. The smallest absolute Gasteiger partial charge is 0.195 e. The second kappa shape index (κ2) is 14.6. The van der Waals surface area contributed by atoms with Crippen LogP contribution in [-0.2, 0) is 15.3 Å². The van der Waals surface area contributed by atoms with Crippen LogP contribution in [0.3, 0.4) is 0 Å². The Morgan fingerprint density at radius 1 is 1.06 bits per heavy atom. The zero-order valence-electron chi connectivity index (χ0n) is 20.2. The molecular formula is C26H36Cl3FN2O3. The Hall–Kier alpha value is -1.12. The molecule has 0 N–H and O–H groups in total. The normalized spacial score (nSPS) is 18.2. The van der Waals surface area contributed by atoms with E-state index in [1.807, 2.05) is 24.3 Å². The first-order chi connectivity index (χ1) is 16.0. The number of nitrogens with zero attached hydrogens (tertiary/aromatic N) is 2. The average molecular weight is 550 g/mol. The fourth-order valence-corrected chi connectivity index (χ4v) is 4.78. The van der Waals surface area contributed by atoms with Gasteiger partial charge >= 0.3 is 0 Å². The molecule has 0 radical (unpaired) electrons. The van der Waals surface area contributed by atoms with Crippen LogP contribution < -0.4 is 4.74 Å². The van der Waals surface area contributed by atoms with E-state index in [9.17, 15) is 4.39 Å². The van der Waals surface area contributed by atoms with Gasteiger partial charge in [0.25, 0.3) is 0 Å². The lowest BCUT2D eigenvalue weighted by Gasteiger charge is -2.33. The van der Waals surface area contributed by atoms with Crippen LogP contribution in [0.15, 0.2) is 48.5 Å². The minimum atomic E-state index is -0.737. The molecule has 196 valence electrons. The van der Waals surface area contributed by atoms with Crippen molar-refractivity contribution in [1.29, 1.82) is 0 Å². The molecule has 0 aromatic heterocycles. The minimum absolute atomic E-state index is 0. The SMILES string of the molecule is CN(CCCC1(c2ccc(F)cc2)OCCO1)CCN1CCC(Oc2cccc(Cl)c2)CC1.Cl.Cl. The Morgan fingerprint density at radius 2 is 1.74 bits per heavy atom. The monoisotopic (exact) mass is 548 g/mol. The molecule has 35 heavy (non-hydrogen) atoms. The molecule has 2 fully saturated rings. The number of likely N-dealkylation sites (tertiary alicyclic amines) is 1. The zero-order chi connectivity index (χ0) is 23.1. The summed E-state index contributed by atoms with van der Waals surface area (Å²) in [5, 5.41) is 0.711. The fourth-order valence-electron chi connectivity index (χ4n) is 4.60. The maximum atomic E-state index is 13.3. The first-order valence-electron chi connectivity index (χ1n) is 11.9. The van der Waals surface area contributed by atoms with E-state index < -0.39 is 5.79 Å². The molecule has 2 aromatic carbocycles. The minimum Gasteiger partial charge on any atom is -0.490 e. The van der Waals surface area contributed by atoms with Gasteiger partial charge in [0.2, 0.25) is 0 Å². The van der Waals surface area contributed by atoms with Gasteiger partial charge in [0.05, 0.1) is 13.2 Å². The highest BCUT2D eigenvalue weighted by atomic mass is 35.5. The molecule has 5 nitrogen and oxygen atoms in total. The van der Waals surface area contributed by atoms with E-state index in [-0.39, 0.29) is 36.7 Å². The van der Waals surface area contributed by atoms with Crippen molar-refractivity contribution in [3.63, 3.8) is 0 Å². The van der Waals surface area contributed by atoms with E-state index in [4.69, 9.17) is 25.8 Å². The Morgan fingerprint density at radius 3 is 2.40 bits per heavy atom. The van der Waals surface area contributed by atoms with E-state index in [0.29, 0.717) is 18.2 Å². The van der Waals surface area contributed by atoms with Crippen LogP contribution in [-0.4, -0.2) is 68.9 Å². The third kappa shape index (κ3) is 8.74. The molecule has 2 aliphatic rings. The van der Waals surface area contributed by atoms with Crippen molar-refractivity contribution in [1.82, 2.24) is 9.80 Å². The van der Waals surface area contributed by atoms with Gasteiger partial charge in [0.1, 0.15) is 17.7 Å². The summed E-state index contributed by atoms with van der Waals surface area (Å²) in [7, 11) is 2.16. The van der Waals surface area contributed by atoms with Gasteiger partial charge in [0, 0.05) is 43.2 Å². The largest absolute Gasteiger partial charge is 0.490 e. The first-order valence-corrected chi connectivity index (χ1v) is 12.3. The number of ether oxygens (including phenoxy) is 3. The van der Waals surface area contributed by atoms with Crippen molar-refractivity contribution in [2.24, 2.45) is 0 Å². The standard InChI is InChI=1S/C26H34ClFN2O3.2ClH/c1-29(13-3-12-26(31-18-19-32-26)21-6-8-23(28)9-7-21)16-17-30-14-10-24(11-15-30)33-25-5-2-4-22(27)20-25;;/h2,4-9,20,24H,3,10-19H2,1H3;2*1H. The summed E-state index contributed by atoms with van der Waals surface area (Å²) >= 11 is 6.05. The van der Waals surface area contributed by atoms with Crippen LogP contribution in [0.25, 0.3) is 0 Å². The predicted molar refractivity (Wildman–Crippen MR) is 143 cm³/mol. The van der Waals surface area contributed by atoms with Gasteiger partial charge in [-0.15, -0.1) is 24.8 Å². The van der Waals surface area contributed by atoms with E-state index in [0.717, 1.165) is 69.7 Å². The number of hydrogen-bond donors (Lipinski definition) is 0. The molecular weight excluding hydrogens is 514 g/mol. The molecule has 2 aromatic rings. The summed E-state index contributed by atoms with van der Waals surface area (Å²) in [6.45, 7) is 6.28. The van der Waals surface area contributed by atoms with Gasteiger partial charge in [-0.05, 0) is 63.2 Å². The number of benzene rings is 2. The number of rotatable bonds is 10. The van der Waals surface area contributed by atoms with Crippen LogP contribution >= 0.6 is 36.4 Å². The van der Waals surface area contributed by atoms with Crippen LogP contribution in [0, 0.1) is 5.82 Å². The van der Waals surface area contributed by atoms with E-state index in [2.05, 4.69) is 16.8 Å². The van der Waals surface area contributed by atoms with E-state index >= 15 is 0 Å². The third-order valence-electron chi connectivity index (χ3n) is 6.51. The molecule has 0 spiro atoms. The summed E-state index contributed by atoms with van der Waals surface area (Å²) in [5.74, 6) is -0.125. The first kappa shape index (κ1) is 30.1. The number of likely N-dealkylation sites (N-methyl/N-ethyl adjacent to an activating group) is 1. The highest BCUT2D eigenvalue weighted by Crippen LogP contribution is 2.36. The summed E-state index contributed by atoms with van der Waals surface area (Å²) in [6, 6.07) is 14.1. The second-order valence-electron chi connectivity index (χ2n) is 8.98. The highest BCUT2D eigenvalue weighted by Gasteiger charge is 2.38. The summed E-state index contributed by atoms with van der Waals surface area (Å²) < 4.78 is 31.4. The zero-order valence-corrected chi connectivity index (χ0v) is 22.6. The van der Waals surface area contributed by atoms with E-state index in [1.165, 1.54) is 12.1 Å². The van der Waals surface area contributed by atoms with Gasteiger partial charge in [-0.2, -0.15) is 0 Å². The fraction of sp³-hybridized carbons (Fsp3) is 0.538. The van der Waals surface area contributed by atoms with Crippen molar-refractivity contribution in [2.45, 2.75) is 37.6 Å². The van der Waals surface area contributed by atoms with E-state index in [1.54, 1.807) is 12.1 Å². The molecule has 0 amide bonds. The average Bonchev–Trinajstić information content (AvgIpc) is 3.29. The van der Waals surface area contributed by atoms with Crippen LogP contribution in [0.5, 0.6) is 5.75 Å². The van der Waals surface area contributed by atoms with Gasteiger partial charge in [-0.3, -0.25) is 0 Å². The van der Waals surface area contributed by atoms with Gasteiger partial charge in [-0.25, -0.2) is 4.39 Å². The molecule has 2 aliphatic heterocycles. The molecule has 2 heterocycles. The van der Waals surface area contributed by atoms with Gasteiger partial charge < -0.3 is 24.0 Å². The maximum Gasteiger partial charge on any atom is 0.195 e. The molecule has 0 atom stereocenters. The van der Waals surface area contributed by atoms with Crippen molar-refractivity contribution < 1.29 is 18.6 Å². The lowest BCUT2D eigenvalue weighted by atomic mass is 10.0. The Kier molecular flexibility index (Phi) is 12.5. The van der Waals surface area contributed by atoms with Crippen LogP contribution in [0.1, 0.15) is 31.2 Å². The van der Waals surface area contributed by atoms with Crippen LogP contribution in [0.2, 0.25) is 5.02 Å². The highest BCUT2D eigenvalue weighted by molar-refractivity contribution is 6.30. The molecule has 2 saturated heterocycles. The number of halogens is 4. The molecule has 0 unspecified atom stereocenters. The van der Waals surface area contributed by atoms with Gasteiger partial charge in [0.15, 0.2) is 5.79 Å². The third-order valence-corrected chi connectivity index (χ3v) is 6.75. The lowest BCUT2D eigenvalue weighted by Crippen LogP contribution is -2.41. The quantitative estimate of drug-likeness (QED) is 0.375. The van der Waals surface area contributed by atoms with Gasteiger partial charge in [-0.1, -0.05) is 29.8 Å². The lowest BCUT2D eigenvalue weighted by molar-refractivity contribution is -0.172. The van der Waals surface area contributed by atoms with Crippen molar-refractivity contribution in [3.8, 4) is 5.75 Å². The second-order valence-corrected chi connectivity index (χ2v) is 9.42. The number of hydrogen-bond acceptors (Lipinski definition) is 5. The number of piperidine rings is 1. The molecule has 9 heteroatoms. The Bertz CT molecular complexity index is 876.